The second-order valence-electron chi connectivity index (χ2n) is 11.2. The lowest BCUT2D eigenvalue weighted by atomic mass is 9.51. The van der Waals surface area contributed by atoms with Crippen LogP contribution in [0.5, 0.6) is 0 Å². The molecule has 0 radical (unpaired) electrons. The summed E-state index contributed by atoms with van der Waals surface area (Å²) in [7, 11) is 0. The molecular formula is C25H32Cl2N4O2. The molecule has 4 unspecified atom stereocenters. The molecule has 1 heterocycles. The predicted molar refractivity (Wildman–Crippen MR) is 128 cm³/mol. The van der Waals surface area contributed by atoms with Gasteiger partial charge in [-0.15, -0.1) is 0 Å². The van der Waals surface area contributed by atoms with Crippen LogP contribution in [0.2, 0.25) is 10.0 Å². The number of benzene rings is 1. The minimum absolute atomic E-state index is 0.0138. The Labute approximate surface area is 205 Å². The summed E-state index contributed by atoms with van der Waals surface area (Å²) in [6.07, 6.45) is 9.57. The summed E-state index contributed by atoms with van der Waals surface area (Å²) in [5.74, 6) is 2.54. The van der Waals surface area contributed by atoms with Gasteiger partial charge in [-0.05, 0) is 92.2 Å². The van der Waals surface area contributed by atoms with Crippen molar-refractivity contribution in [3.8, 4) is 0 Å². The van der Waals surface area contributed by atoms with Gasteiger partial charge >= 0.3 is 12.1 Å². The number of fused-ring (bicyclic) bond motifs is 2. The van der Waals surface area contributed by atoms with Crippen molar-refractivity contribution >= 4 is 35.3 Å². The van der Waals surface area contributed by atoms with E-state index in [2.05, 4.69) is 16.0 Å². The van der Waals surface area contributed by atoms with E-state index in [0.29, 0.717) is 35.1 Å². The maximum atomic E-state index is 12.9. The van der Waals surface area contributed by atoms with Crippen molar-refractivity contribution in [3.63, 3.8) is 0 Å². The SMILES string of the molecule is O=C(NCC1CCCN1C(=O)NCc1ccc(Cl)cc1Cl)N[C@]12CC3C[C@H]4CC(C1)C2(C3)C4. The summed E-state index contributed by atoms with van der Waals surface area (Å²) in [6, 6.07) is 5.11. The van der Waals surface area contributed by atoms with Crippen LogP contribution in [-0.4, -0.2) is 41.6 Å². The van der Waals surface area contributed by atoms with Crippen molar-refractivity contribution in [1.29, 1.82) is 0 Å². The Kier molecular flexibility index (Phi) is 5.26. The zero-order valence-corrected chi connectivity index (χ0v) is 20.4. The fourth-order valence-corrected chi connectivity index (χ4v) is 8.81. The summed E-state index contributed by atoms with van der Waals surface area (Å²) in [5.41, 5.74) is 1.25. The molecule has 6 nitrogen and oxygen atoms in total. The first-order valence-corrected chi connectivity index (χ1v) is 13.2. The van der Waals surface area contributed by atoms with Gasteiger partial charge in [-0.25, -0.2) is 9.59 Å². The van der Waals surface area contributed by atoms with Crippen LogP contribution in [0, 0.1) is 23.2 Å². The molecule has 4 amide bonds. The van der Waals surface area contributed by atoms with Gasteiger partial charge in [0.1, 0.15) is 0 Å². The van der Waals surface area contributed by atoms with Crippen LogP contribution in [0.25, 0.3) is 0 Å². The average molecular weight is 491 g/mol. The van der Waals surface area contributed by atoms with Crippen LogP contribution in [0.4, 0.5) is 9.59 Å². The van der Waals surface area contributed by atoms with E-state index in [0.717, 1.165) is 36.2 Å². The number of likely N-dealkylation sites (tertiary alicyclic amines) is 1. The van der Waals surface area contributed by atoms with Crippen LogP contribution in [-0.2, 0) is 6.54 Å². The molecule has 5 aliphatic rings. The number of carbonyl (C=O) groups excluding carboxylic acids is 2. The number of carbonyl (C=O) groups is 2. The Morgan fingerprint density at radius 2 is 1.91 bits per heavy atom. The Hall–Kier alpha value is -1.66. The van der Waals surface area contributed by atoms with Crippen molar-refractivity contribution in [2.75, 3.05) is 13.1 Å². The van der Waals surface area contributed by atoms with Crippen LogP contribution in [0.1, 0.15) is 56.9 Å². The summed E-state index contributed by atoms with van der Waals surface area (Å²) < 4.78 is 0. The van der Waals surface area contributed by atoms with Gasteiger partial charge in [0.05, 0.1) is 6.04 Å². The van der Waals surface area contributed by atoms with Crippen LogP contribution >= 0.6 is 23.2 Å². The minimum Gasteiger partial charge on any atom is -0.336 e. The Morgan fingerprint density at radius 1 is 1.06 bits per heavy atom. The van der Waals surface area contributed by atoms with E-state index in [9.17, 15) is 9.59 Å². The number of hydrogen-bond donors (Lipinski definition) is 3. The smallest absolute Gasteiger partial charge is 0.317 e. The molecule has 1 saturated heterocycles. The molecule has 5 fully saturated rings. The fourth-order valence-electron chi connectivity index (χ4n) is 8.33. The molecule has 178 valence electrons. The molecule has 33 heavy (non-hydrogen) atoms. The Bertz CT molecular complexity index is 983. The molecule has 1 aliphatic heterocycles. The monoisotopic (exact) mass is 490 g/mol. The maximum Gasteiger partial charge on any atom is 0.317 e. The van der Waals surface area contributed by atoms with Gasteiger partial charge in [0.2, 0.25) is 0 Å². The molecule has 1 spiro atoms. The quantitative estimate of drug-likeness (QED) is 0.546. The van der Waals surface area contributed by atoms with Gasteiger partial charge in [0.25, 0.3) is 0 Å². The van der Waals surface area contributed by atoms with E-state index >= 15 is 0 Å². The second kappa shape index (κ2) is 7.94. The lowest BCUT2D eigenvalue weighted by Crippen LogP contribution is -2.68. The van der Waals surface area contributed by atoms with Gasteiger partial charge in [0.15, 0.2) is 0 Å². The maximum absolute atomic E-state index is 12.9. The molecule has 8 heteroatoms. The molecule has 4 aliphatic carbocycles. The molecule has 6 rings (SSSR count). The highest BCUT2D eigenvalue weighted by Gasteiger charge is 2.74. The molecule has 4 saturated carbocycles. The minimum atomic E-state index is -0.119. The topological polar surface area (TPSA) is 73.5 Å². The summed E-state index contributed by atoms with van der Waals surface area (Å²) in [4.78, 5) is 27.6. The highest BCUT2D eigenvalue weighted by atomic mass is 35.5. The Morgan fingerprint density at radius 3 is 2.76 bits per heavy atom. The second-order valence-corrected chi connectivity index (χ2v) is 12.0. The normalized spacial score (nSPS) is 37.6. The standard InChI is InChI=1S/C25H32Cl2N4O2/c26-19-4-3-17(21(27)8-19)13-29-23(33)31-5-1-2-20(31)14-28-22(32)30-25-11-16-6-15-7-18(12-25)24(25,9-15)10-16/h3-4,8,15-16,18,20H,1-2,5-7,9-14H2,(H,29,33)(H2,28,30,32)/t15-,16?,18?,20?,24?,25+/m0/s1. The number of amides is 4. The van der Waals surface area contributed by atoms with E-state index in [4.69, 9.17) is 23.2 Å². The third-order valence-electron chi connectivity index (χ3n) is 9.49. The van der Waals surface area contributed by atoms with Crippen LogP contribution in [0.3, 0.4) is 0 Å². The summed E-state index contributed by atoms with van der Waals surface area (Å²) in [5, 5.41) is 10.6. The van der Waals surface area contributed by atoms with Gasteiger partial charge in [-0.1, -0.05) is 29.3 Å². The zero-order chi connectivity index (χ0) is 22.8. The van der Waals surface area contributed by atoms with E-state index in [-0.39, 0.29) is 23.6 Å². The predicted octanol–water partition coefficient (Wildman–Crippen LogP) is 4.94. The van der Waals surface area contributed by atoms with E-state index < -0.39 is 0 Å². The van der Waals surface area contributed by atoms with Crippen LogP contribution < -0.4 is 16.0 Å². The highest BCUT2D eigenvalue weighted by molar-refractivity contribution is 6.35. The number of nitrogens with zero attached hydrogens (tertiary/aromatic N) is 1. The first-order valence-electron chi connectivity index (χ1n) is 12.4. The number of rotatable bonds is 5. The number of urea groups is 2. The number of halogens is 2. The lowest BCUT2D eigenvalue weighted by molar-refractivity contribution is -0.0457. The molecule has 1 aromatic rings. The molecule has 3 N–H and O–H groups in total. The molecule has 6 atom stereocenters. The third kappa shape index (κ3) is 3.51. The highest BCUT2D eigenvalue weighted by Crippen LogP contribution is 2.77. The summed E-state index contributed by atoms with van der Waals surface area (Å²) in [6.45, 7) is 1.53. The van der Waals surface area contributed by atoms with E-state index in [1.165, 1.54) is 38.5 Å². The lowest BCUT2D eigenvalue weighted by Gasteiger charge is -2.59. The van der Waals surface area contributed by atoms with Gasteiger partial charge in [0, 0.05) is 35.2 Å². The van der Waals surface area contributed by atoms with Gasteiger partial charge in [-0.3, -0.25) is 0 Å². The van der Waals surface area contributed by atoms with Crippen molar-refractivity contribution < 1.29 is 9.59 Å². The first-order chi connectivity index (χ1) is 15.9. The van der Waals surface area contributed by atoms with E-state index in [1.807, 2.05) is 11.0 Å². The first kappa shape index (κ1) is 21.8. The molecule has 1 aromatic carbocycles. The zero-order valence-electron chi connectivity index (χ0n) is 18.8. The van der Waals surface area contributed by atoms with Gasteiger partial charge in [-0.2, -0.15) is 0 Å². The van der Waals surface area contributed by atoms with Crippen molar-refractivity contribution in [2.24, 2.45) is 23.2 Å². The van der Waals surface area contributed by atoms with Crippen molar-refractivity contribution in [2.45, 2.75) is 69.5 Å². The molecular weight excluding hydrogens is 459 g/mol. The average Bonchev–Trinajstić information content (AvgIpc) is 3.36. The fraction of sp³-hybridized carbons (Fsp3) is 0.680. The van der Waals surface area contributed by atoms with Crippen molar-refractivity contribution in [1.82, 2.24) is 20.9 Å². The van der Waals surface area contributed by atoms with E-state index in [1.54, 1.807) is 12.1 Å². The molecule has 3 bridgehead atoms. The number of nitrogens with one attached hydrogen (secondary N) is 3. The van der Waals surface area contributed by atoms with Crippen molar-refractivity contribution in [3.05, 3.63) is 33.8 Å². The summed E-state index contributed by atoms with van der Waals surface area (Å²) >= 11 is 12.2. The largest absolute Gasteiger partial charge is 0.336 e. The van der Waals surface area contributed by atoms with Gasteiger partial charge < -0.3 is 20.9 Å². The Balaban J connectivity index is 1.02. The third-order valence-corrected chi connectivity index (χ3v) is 10.1. The molecule has 0 aromatic heterocycles. The van der Waals surface area contributed by atoms with Crippen LogP contribution in [0.15, 0.2) is 18.2 Å². The number of hydrogen-bond acceptors (Lipinski definition) is 2.